The Morgan fingerprint density at radius 3 is 2.86 bits per heavy atom. The Morgan fingerprint density at radius 1 is 1.07 bits per heavy atom. The summed E-state index contributed by atoms with van der Waals surface area (Å²) in [7, 11) is 0. The molecule has 4 aromatic rings. The Hall–Kier alpha value is -2.83. The molecule has 2 N–H and O–H groups in total. The first kappa shape index (κ1) is 17.3. The van der Waals surface area contributed by atoms with Crippen molar-refractivity contribution in [1.29, 1.82) is 0 Å². The van der Waals surface area contributed by atoms with Crippen molar-refractivity contribution in [2.24, 2.45) is 0 Å². The van der Waals surface area contributed by atoms with Crippen LogP contribution in [0.1, 0.15) is 17.9 Å². The van der Waals surface area contributed by atoms with Crippen molar-refractivity contribution < 1.29 is 4.39 Å². The van der Waals surface area contributed by atoms with E-state index in [1.54, 1.807) is 12.3 Å². The highest BCUT2D eigenvalue weighted by Crippen LogP contribution is 2.33. The van der Waals surface area contributed by atoms with E-state index in [9.17, 15) is 4.39 Å². The minimum Gasteiger partial charge on any atom is -0.316 e. The summed E-state index contributed by atoms with van der Waals surface area (Å²) in [5, 5.41) is 10.9. The molecule has 1 saturated heterocycles. The molecule has 1 aliphatic heterocycles. The summed E-state index contributed by atoms with van der Waals surface area (Å²) in [6, 6.07) is 10.3. The van der Waals surface area contributed by atoms with E-state index in [1.165, 1.54) is 17.7 Å². The van der Waals surface area contributed by atoms with Crippen molar-refractivity contribution in [3.05, 3.63) is 65.2 Å². The Kier molecular flexibility index (Phi) is 4.30. The summed E-state index contributed by atoms with van der Waals surface area (Å²) in [5.74, 6) is 0.0867. The second-order valence-corrected chi connectivity index (χ2v) is 7.40. The number of fused-ring (bicyclic) bond motifs is 1. The summed E-state index contributed by atoms with van der Waals surface area (Å²) >= 11 is 6.06. The standard InChI is InChI=1S/C21H17ClFN5/c22-14-1-2-17(23)15(8-14)21-16(11-26-28-21)18-3-4-19-20(27-18)7-13(10-25-19)12-5-6-24-9-12/h1-4,7-8,10-12,24H,5-6,9H2,(H,26,28). The molecular weight excluding hydrogens is 377 g/mol. The van der Waals surface area contributed by atoms with Crippen molar-refractivity contribution in [2.75, 3.05) is 13.1 Å². The van der Waals surface area contributed by atoms with Gasteiger partial charge in [-0.1, -0.05) is 11.6 Å². The summed E-state index contributed by atoms with van der Waals surface area (Å²) in [6.07, 6.45) is 4.76. The molecule has 7 heteroatoms. The first-order chi connectivity index (χ1) is 13.7. The molecule has 1 aromatic carbocycles. The number of halogens is 2. The molecule has 4 heterocycles. The first-order valence-corrected chi connectivity index (χ1v) is 9.54. The predicted molar refractivity (Wildman–Crippen MR) is 108 cm³/mol. The molecule has 1 fully saturated rings. The lowest BCUT2D eigenvalue weighted by Gasteiger charge is -2.10. The van der Waals surface area contributed by atoms with E-state index in [2.05, 4.69) is 26.6 Å². The lowest BCUT2D eigenvalue weighted by atomic mass is 9.99. The van der Waals surface area contributed by atoms with Crippen LogP contribution in [-0.2, 0) is 0 Å². The van der Waals surface area contributed by atoms with Gasteiger partial charge in [-0.05, 0) is 60.8 Å². The monoisotopic (exact) mass is 393 g/mol. The molecule has 1 atom stereocenters. The predicted octanol–water partition coefficient (Wildman–Crippen LogP) is 4.56. The molecule has 5 rings (SSSR count). The fourth-order valence-electron chi connectivity index (χ4n) is 3.70. The lowest BCUT2D eigenvalue weighted by Crippen LogP contribution is -2.08. The second kappa shape index (κ2) is 6.96. The summed E-state index contributed by atoms with van der Waals surface area (Å²) in [4.78, 5) is 9.35. The van der Waals surface area contributed by atoms with Crippen molar-refractivity contribution in [1.82, 2.24) is 25.5 Å². The average Bonchev–Trinajstić information content (AvgIpc) is 3.41. The van der Waals surface area contributed by atoms with Crippen molar-refractivity contribution >= 4 is 22.6 Å². The molecule has 0 amide bonds. The fraction of sp³-hybridized carbons (Fsp3) is 0.190. The van der Waals surface area contributed by atoms with Gasteiger partial charge in [0.15, 0.2) is 0 Å². The topological polar surface area (TPSA) is 66.5 Å². The van der Waals surface area contributed by atoms with Crippen LogP contribution < -0.4 is 5.32 Å². The number of rotatable bonds is 3. The van der Waals surface area contributed by atoms with Crippen LogP contribution in [0.25, 0.3) is 33.5 Å². The molecule has 5 nitrogen and oxygen atoms in total. The molecule has 1 unspecified atom stereocenters. The summed E-state index contributed by atoms with van der Waals surface area (Å²) in [5.41, 5.74) is 5.09. The van der Waals surface area contributed by atoms with Crippen LogP contribution in [0.3, 0.4) is 0 Å². The number of benzene rings is 1. The van der Waals surface area contributed by atoms with Crippen LogP contribution in [0.2, 0.25) is 5.02 Å². The highest BCUT2D eigenvalue weighted by Gasteiger charge is 2.19. The quantitative estimate of drug-likeness (QED) is 0.535. The van der Waals surface area contributed by atoms with Gasteiger partial charge in [0.2, 0.25) is 0 Å². The molecular formula is C21H17ClFN5. The van der Waals surface area contributed by atoms with Crippen LogP contribution in [-0.4, -0.2) is 33.3 Å². The Balaban J connectivity index is 1.60. The molecule has 0 saturated carbocycles. The van der Waals surface area contributed by atoms with Crippen LogP contribution in [0.15, 0.2) is 48.8 Å². The maximum absolute atomic E-state index is 14.4. The van der Waals surface area contributed by atoms with E-state index >= 15 is 0 Å². The third-order valence-corrected chi connectivity index (χ3v) is 5.43. The van der Waals surface area contributed by atoms with E-state index in [0.717, 1.165) is 36.1 Å². The van der Waals surface area contributed by atoms with E-state index in [4.69, 9.17) is 16.6 Å². The molecule has 28 heavy (non-hydrogen) atoms. The molecule has 0 bridgehead atoms. The maximum Gasteiger partial charge on any atom is 0.132 e. The van der Waals surface area contributed by atoms with Crippen molar-refractivity contribution in [2.45, 2.75) is 12.3 Å². The van der Waals surface area contributed by atoms with E-state index < -0.39 is 0 Å². The molecule has 1 aliphatic rings. The van der Waals surface area contributed by atoms with Gasteiger partial charge in [-0.3, -0.25) is 10.1 Å². The number of nitrogens with zero attached hydrogens (tertiary/aromatic N) is 3. The Bertz CT molecular complexity index is 1170. The average molecular weight is 394 g/mol. The van der Waals surface area contributed by atoms with Gasteiger partial charge in [0.25, 0.3) is 0 Å². The van der Waals surface area contributed by atoms with E-state index in [1.807, 2.05) is 18.3 Å². The lowest BCUT2D eigenvalue weighted by molar-refractivity contribution is 0.630. The molecule has 0 spiro atoms. The third kappa shape index (κ3) is 3.04. The Labute approximate surface area is 166 Å². The van der Waals surface area contributed by atoms with Gasteiger partial charge in [0, 0.05) is 35.1 Å². The molecule has 0 radical (unpaired) electrons. The van der Waals surface area contributed by atoms with Crippen molar-refractivity contribution in [3.8, 4) is 22.5 Å². The minimum absolute atomic E-state index is 0.342. The van der Waals surface area contributed by atoms with E-state index in [-0.39, 0.29) is 5.82 Å². The second-order valence-electron chi connectivity index (χ2n) is 6.96. The zero-order valence-corrected chi connectivity index (χ0v) is 15.7. The van der Waals surface area contributed by atoms with Gasteiger partial charge in [0.05, 0.1) is 16.7 Å². The van der Waals surface area contributed by atoms with Gasteiger partial charge in [0.1, 0.15) is 11.5 Å². The van der Waals surface area contributed by atoms with Crippen LogP contribution >= 0.6 is 11.6 Å². The Morgan fingerprint density at radius 2 is 2.00 bits per heavy atom. The highest BCUT2D eigenvalue weighted by atomic mass is 35.5. The third-order valence-electron chi connectivity index (χ3n) is 5.19. The smallest absolute Gasteiger partial charge is 0.132 e. The number of aromatic amines is 1. The van der Waals surface area contributed by atoms with Crippen LogP contribution in [0.5, 0.6) is 0 Å². The molecule has 0 aliphatic carbocycles. The highest BCUT2D eigenvalue weighted by molar-refractivity contribution is 6.30. The number of nitrogens with one attached hydrogen (secondary N) is 2. The van der Waals surface area contributed by atoms with Gasteiger partial charge >= 0.3 is 0 Å². The fourth-order valence-corrected chi connectivity index (χ4v) is 3.88. The van der Waals surface area contributed by atoms with Crippen LogP contribution in [0.4, 0.5) is 4.39 Å². The van der Waals surface area contributed by atoms with Gasteiger partial charge in [-0.2, -0.15) is 5.10 Å². The SMILES string of the molecule is Fc1ccc(Cl)cc1-c1n[nH]cc1-c1ccc2ncc(C3CCNC3)cc2n1. The van der Waals surface area contributed by atoms with Gasteiger partial charge < -0.3 is 5.32 Å². The maximum atomic E-state index is 14.4. The van der Waals surface area contributed by atoms with Gasteiger partial charge in [-0.25, -0.2) is 9.37 Å². The zero-order valence-electron chi connectivity index (χ0n) is 14.9. The van der Waals surface area contributed by atoms with Gasteiger partial charge in [-0.15, -0.1) is 0 Å². The largest absolute Gasteiger partial charge is 0.316 e. The molecule has 3 aromatic heterocycles. The normalized spacial score (nSPS) is 16.7. The number of aromatic nitrogens is 4. The number of H-pyrrole nitrogens is 1. The first-order valence-electron chi connectivity index (χ1n) is 9.16. The van der Waals surface area contributed by atoms with E-state index in [0.29, 0.717) is 27.9 Å². The summed E-state index contributed by atoms with van der Waals surface area (Å²) < 4.78 is 14.4. The molecule has 140 valence electrons. The van der Waals surface area contributed by atoms with Crippen LogP contribution in [0, 0.1) is 5.82 Å². The van der Waals surface area contributed by atoms with Crippen molar-refractivity contribution in [3.63, 3.8) is 0 Å². The number of hydrogen-bond donors (Lipinski definition) is 2. The zero-order chi connectivity index (χ0) is 19.1. The number of hydrogen-bond acceptors (Lipinski definition) is 4. The summed E-state index contributed by atoms with van der Waals surface area (Å²) in [6.45, 7) is 1.99. The minimum atomic E-state index is -0.378. The number of pyridine rings is 2.